The zero-order valence-electron chi connectivity index (χ0n) is 11.5. The van der Waals surface area contributed by atoms with Crippen LogP contribution in [0.15, 0.2) is 8.42 Å². The van der Waals surface area contributed by atoms with Crippen molar-refractivity contribution >= 4 is 82.0 Å². The lowest BCUT2D eigenvalue weighted by Gasteiger charge is -1.98. The fourth-order valence-corrected chi connectivity index (χ4v) is 6.99. The molecule has 0 amide bonds. The molecule has 2 aromatic heterocycles. The Kier molecular flexibility index (Phi) is 6.37. The summed E-state index contributed by atoms with van der Waals surface area (Å²) in [6, 6.07) is 0. The third-order valence-electron chi connectivity index (χ3n) is 2.83. The van der Waals surface area contributed by atoms with E-state index in [0.717, 1.165) is 44.3 Å². The molecule has 10 heteroatoms. The lowest BCUT2D eigenvalue weighted by Crippen LogP contribution is -1.90. The van der Waals surface area contributed by atoms with Gasteiger partial charge in [0.05, 0.1) is 29.3 Å². The molecule has 0 aliphatic heterocycles. The zero-order valence-corrected chi connectivity index (χ0v) is 14.8. The van der Waals surface area contributed by atoms with Gasteiger partial charge >= 0.3 is 0 Å². The molecule has 0 aliphatic rings. The Morgan fingerprint density at radius 1 is 0.500 bits per heavy atom. The minimum absolute atomic E-state index is 0.0250. The van der Waals surface area contributed by atoms with Gasteiger partial charge in [-0.05, 0) is 21.6 Å². The number of hydrogen-bond donors (Lipinski definition) is 0. The fourth-order valence-electron chi connectivity index (χ4n) is 1.75. The molecule has 2 heterocycles. The SMILES string of the molecule is O=Cc1sc(SSc2sc(C=O)c(C=O)c2C=O)c(C=O)c1C=O. The van der Waals surface area contributed by atoms with E-state index in [1.54, 1.807) is 0 Å². The van der Waals surface area contributed by atoms with Gasteiger partial charge < -0.3 is 0 Å². The number of thiophene rings is 2. The smallest absolute Gasteiger partial charge is 0.160 e. The number of rotatable bonds is 9. The van der Waals surface area contributed by atoms with E-state index >= 15 is 0 Å². The van der Waals surface area contributed by atoms with Gasteiger partial charge in [0, 0.05) is 11.1 Å². The van der Waals surface area contributed by atoms with Crippen LogP contribution >= 0.6 is 44.3 Å². The lowest BCUT2D eigenvalue weighted by molar-refractivity contribution is 0.108. The Hall–Kier alpha value is -1.88. The summed E-state index contributed by atoms with van der Waals surface area (Å²) in [5.74, 6) is 0. The molecule has 0 radical (unpaired) electrons. The first-order valence-electron chi connectivity index (χ1n) is 6.04. The highest BCUT2D eigenvalue weighted by Crippen LogP contribution is 2.47. The van der Waals surface area contributed by atoms with Gasteiger partial charge in [-0.15, -0.1) is 22.7 Å². The second-order valence-corrected chi connectivity index (χ2v) is 8.81. The summed E-state index contributed by atoms with van der Waals surface area (Å²) in [7, 11) is 2.14. The highest BCUT2D eigenvalue weighted by molar-refractivity contribution is 8.77. The molecule has 0 unspecified atom stereocenters. The molecule has 24 heavy (non-hydrogen) atoms. The standard InChI is InChI=1S/C14H6O6S4/c15-1-7-9(3-17)13(21-11(7)5-19)23-24-14-10(4-18)8(2-16)12(6-20)22-14/h1-6H. The van der Waals surface area contributed by atoms with Crippen molar-refractivity contribution in [2.45, 2.75) is 8.42 Å². The Balaban J connectivity index is 2.38. The van der Waals surface area contributed by atoms with Crippen LogP contribution in [0.1, 0.15) is 60.8 Å². The van der Waals surface area contributed by atoms with E-state index in [2.05, 4.69) is 0 Å². The zero-order chi connectivity index (χ0) is 17.7. The normalized spacial score (nSPS) is 10.2. The highest BCUT2D eigenvalue weighted by Gasteiger charge is 2.21. The molecule has 0 fully saturated rings. The Labute approximate surface area is 151 Å². The van der Waals surface area contributed by atoms with Gasteiger partial charge in [-0.25, -0.2) is 0 Å². The molecule has 0 atom stereocenters. The van der Waals surface area contributed by atoms with Crippen molar-refractivity contribution in [3.8, 4) is 0 Å². The molecule has 0 aromatic carbocycles. The maximum Gasteiger partial charge on any atom is 0.160 e. The van der Waals surface area contributed by atoms with E-state index in [1.165, 1.54) is 0 Å². The molecular formula is C14H6O6S4. The third kappa shape index (κ3) is 3.31. The molecule has 0 saturated heterocycles. The van der Waals surface area contributed by atoms with Crippen LogP contribution in [0, 0.1) is 0 Å². The first-order chi connectivity index (χ1) is 11.6. The van der Waals surface area contributed by atoms with Gasteiger partial charge in [0.15, 0.2) is 37.7 Å². The van der Waals surface area contributed by atoms with Gasteiger partial charge in [-0.3, -0.25) is 28.8 Å². The van der Waals surface area contributed by atoms with E-state index in [-0.39, 0.29) is 32.0 Å². The number of aldehydes is 6. The predicted molar refractivity (Wildman–Crippen MR) is 92.7 cm³/mol. The van der Waals surface area contributed by atoms with Crippen LogP contribution in [0.3, 0.4) is 0 Å². The van der Waals surface area contributed by atoms with Gasteiger partial charge in [0.25, 0.3) is 0 Å². The number of hydrogen-bond acceptors (Lipinski definition) is 10. The minimum atomic E-state index is 0.0250. The summed E-state index contributed by atoms with van der Waals surface area (Å²) in [4.78, 5) is 66.6. The lowest BCUT2D eigenvalue weighted by atomic mass is 10.2. The Morgan fingerprint density at radius 3 is 1.08 bits per heavy atom. The molecule has 122 valence electrons. The average molecular weight is 398 g/mol. The molecule has 2 rings (SSSR count). The molecule has 0 spiro atoms. The van der Waals surface area contributed by atoms with Crippen LogP contribution < -0.4 is 0 Å². The van der Waals surface area contributed by atoms with Crippen molar-refractivity contribution in [3.05, 3.63) is 32.0 Å². The first kappa shape index (κ1) is 18.5. The molecule has 6 nitrogen and oxygen atoms in total. The quantitative estimate of drug-likeness (QED) is 0.467. The van der Waals surface area contributed by atoms with Crippen molar-refractivity contribution in [1.29, 1.82) is 0 Å². The third-order valence-corrected chi connectivity index (χ3v) is 8.43. The van der Waals surface area contributed by atoms with Crippen molar-refractivity contribution in [2.75, 3.05) is 0 Å². The van der Waals surface area contributed by atoms with Crippen LogP contribution in [-0.4, -0.2) is 37.7 Å². The van der Waals surface area contributed by atoms with E-state index in [0.29, 0.717) is 46.1 Å². The summed E-state index contributed by atoms with van der Waals surface area (Å²) in [6.45, 7) is 0. The predicted octanol–water partition coefficient (Wildman–Crippen LogP) is 3.48. The summed E-state index contributed by atoms with van der Waals surface area (Å²) >= 11 is 1.96. The Morgan fingerprint density at radius 2 is 0.833 bits per heavy atom. The van der Waals surface area contributed by atoms with Crippen LogP contribution in [0.5, 0.6) is 0 Å². The van der Waals surface area contributed by atoms with E-state index < -0.39 is 0 Å². The molecule has 0 N–H and O–H groups in total. The molecule has 0 bridgehead atoms. The van der Waals surface area contributed by atoms with Gasteiger partial charge in [-0.1, -0.05) is 0 Å². The van der Waals surface area contributed by atoms with Crippen LogP contribution in [0.2, 0.25) is 0 Å². The second kappa shape index (κ2) is 8.29. The van der Waals surface area contributed by atoms with Gasteiger partial charge in [0.1, 0.15) is 0 Å². The van der Waals surface area contributed by atoms with Crippen LogP contribution in [0.4, 0.5) is 0 Å². The van der Waals surface area contributed by atoms with E-state index in [9.17, 15) is 28.8 Å². The monoisotopic (exact) mass is 398 g/mol. The molecular weight excluding hydrogens is 392 g/mol. The maximum absolute atomic E-state index is 11.2. The summed E-state index contributed by atoms with van der Waals surface area (Å²) in [5, 5.41) is 0. The summed E-state index contributed by atoms with van der Waals surface area (Å²) < 4.78 is 0.842. The Bertz CT molecular complexity index is 778. The topological polar surface area (TPSA) is 102 Å². The molecule has 0 saturated carbocycles. The molecule has 2 aromatic rings. The highest BCUT2D eigenvalue weighted by atomic mass is 33.1. The molecule has 0 aliphatic carbocycles. The van der Waals surface area contributed by atoms with E-state index in [4.69, 9.17) is 0 Å². The van der Waals surface area contributed by atoms with Crippen molar-refractivity contribution < 1.29 is 28.8 Å². The van der Waals surface area contributed by atoms with E-state index in [1.807, 2.05) is 0 Å². The van der Waals surface area contributed by atoms with Crippen molar-refractivity contribution in [1.82, 2.24) is 0 Å². The fraction of sp³-hybridized carbons (Fsp3) is 0. The maximum atomic E-state index is 11.2. The van der Waals surface area contributed by atoms with Gasteiger partial charge in [0.2, 0.25) is 0 Å². The number of carbonyl (C=O) groups is 6. The summed E-state index contributed by atoms with van der Waals surface area (Å²) in [5.41, 5.74) is 0.254. The van der Waals surface area contributed by atoms with Crippen molar-refractivity contribution in [2.24, 2.45) is 0 Å². The van der Waals surface area contributed by atoms with Crippen LogP contribution in [0.25, 0.3) is 0 Å². The largest absolute Gasteiger partial charge is 0.298 e. The van der Waals surface area contributed by atoms with Crippen LogP contribution in [-0.2, 0) is 0 Å². The number of carbonyl (C=O) groups excluding carboxylic acids is 6. The second-order valence-electron chi connectivity index (χ2n) is 4.04. The van der Waals surface area contributed by atoms with Gasteiger partial charge in [-0.2, -0.15) is 0 Å². The van der Waals surface area contributed by atoms with Crippen molar-refractivity contribution in [3.63, 3.8) is 0 Å². The summed E-state index contributed by atoms with van der Waals surface area (Å²) in [6.07, 6.45) is 2.84. The first-order valence-corrected chi connectivity index (χ1v) is 9.82. The average Bonchev–Trinajstić information content (AvgIpc) is 3.15. The minimum Gasteiger partial charge on any atom is -0.298 e.